The van der Waals surface area contributed by atoms with Crippen molar-refractivity contribution in [2.24, 2.45) is 0 Å². The first-order valence-corrected chi connectivity index (χ1v) is 5.79. The normalized spacial score (nSPS) is 13.2. The van der Waals surface area contributed by atoms with E-state index >= 15 is 0 Å². The maximum atomic E-state index is 11.8. The molecule has 1 N–H and O–H groups in total. The molecule has 0 bridgehead atoms. The first kappa shape index (κ1) is 14.0. The van der Waals surface area contributed by atoms with Crippen molar-refractivity contribution < 1.29 is 9.53 Å². The van der Waals surface area contributed by atoms with Crippen LogP contribution >= 0.6 is 0 Å². The van der Waals surface area contributed by atoms with Crippen molar-refractivity contribution in [3.8, 4) is 6.07 Å². The number of ether oxygens (including phenoxy) is 1. The van der Waals surface area contributed by atoms with Crippen LogP contribution in [0.5, 0.6) is 0 Å². The summed E-state index contributed by atoms with van der Waals surface area (Å²) in [5.41, 5.74) is -0.465. The smallest absolute Gasteiger partial charge is 0.331 e. The van der Waals surface area contributed by atoms with Crippen molar-refractivity contribution in [1.82, 2.24) is 4.98 Å². The van der Waals surface area contributed by atoms with Crippen LogP contribution in [0.3, 0.4) is 0 Å². The van der Waals surface area contributed by atoms with Crippen LogP contribution in [0.2, 0.25) is 0 Å². The van der Waals surface area contributed by atoms with E-state index in [0.29, 0.717) is 17.8 Å². The Balaban J connectivity index is 3.04. The van der Waals surface area contributed by atoms with Gasteiger partial charge in [-0.05, 0) is 25.5 Å². The average molecular weight is 247 g/mol. The van der Waals surface area contributed by atoms with Crippen molar-refractivity contribution in [3.63, 3.8) is 0 Å². The van der Waals surface area contributed by atoms with E-state index in [9.17, 15) is 4.79 Å². The van der Waals surface area contributed by atoms with Crippen LogP contribution in [-0.4, -0.2) is 23.6 Å². The SMILES string of the molecule is CCCC(C)(Nc1ncccc1C#N)C(=O)OC. The lowest BCUT2D eigenvalue weighted by molar-refractivity contribution is -0.145. The average Bonchev–Trinajstić information content (AvgIpc) is 2.38. The molecule has 0 radical (unpaired) electrons. The molecule has 1 rings (SSSR count). The Labute approximate surface area is 107 Å². The minimum atomic E-state index is -0.872. The molecule has 0 spiro atoms. The maximum absolute atomic E-state index is 11.8. The number of nitriles is 1. The predicted molar refractivity (Wildman–Crippen MR) is 67.9 cm³/mol. The van der Waals surface area contributed by atoms with Crippen LogP contribution in [0.4, 0.5) is 5.82 Å². The molecule has 0 amide bonds. The van der Waals surface area contributed by atoms with E-state index in [1.807, 2.05) is 13.0 Å². The van der Waals surface area contributed by atoms with Gasteiger partial charge in [-0.15, -0.1) is 0 Å². The topological polar surface area (TPSA) is 75.0 Å². The van der Waals surface area contributed by atoms with Crippen LogP contribution in [0, 0.1) is 11.3 Å². The van der Waals surface area contributed by atoms with Crippen LogP contribution in [-0.2, 0) is 9.53 Å². The Hall–Kier alpha value is -2.09. The molecule has 0 aliphatic carbocycles. The standard InChI is InChI=1S/C13H17N3O2/c1-4-7-13(2,12(17)18-3)16-11-10(9-14)6-5-8-15-11/h5-6,8H,4,7H2,1-3H3,(H,15,16). The third-order valence-corrected chi connectivity index (χ3v) is 2.71. The summed E-state index contributed by atoms with van der Waals surface area (Å²) in [5.74, 6) is 0.0419. The first-order chi connectivity index (χ1) is 8.57. The fourth-order valence-corrected chi connectivity index (χ4v) is 1.80. The summed E-state index contributed by atoms with van der Waals surface area (Å²) in [4.78, 5) is 15.9. The summed E-state index contributed by atoms with van der Waals surface area (Å²) in [6.07, 6.45) is 2.99. The summed E-state index contributed by atoms with van der Waals surface area (Å²) in [5, 5.41) is 12.0. The van der Waals surface area contributed by atoms with Crippen molar-refractivity contribution in [3.05, 3.63) is 23.9 Å². The second kappa shape index (κ2) is 6.01. The van der Waals surface area contributed by atoms with Gasteiger partial charge in [0.15, 0.2) is 0 Å². The summed E-state index contributed by atoms with van der Waals surface area (Å²) >= 11 is 0. The molecule has 1 unspecified atom stereocenters. The van der Waals surface area contributed by atoms with Crippen molar-refractivity contribution in [1.29, 1.82) is 5.26 Å². The zero-order valence-corrected chi connectivity index (χ0v) is 10.9. The van der Waals surface area contributed by atoms with Crippen LogP contribution < -0.4 is 5.32 Å². The molecular weight excluding hydrogens is 230 g/mol. The van der Waals surface area contributed by atoms with E-state index in [4.69, 9.17) is 10.00 Å². The zero-order chi connectivity index (χ0) is 13.6. The molecule has 0 saturated heterocycles. The Morgan fingerprint density at radius 3 is 2.94 bits per heavy atom. The molecule has 18 heavy (non-hydrogen) atoms. The van der Waals surface area contributed by atoms with Crippen LogP contribution in [0.1, 0.15) is 32.3 Å². The Morgan fingerprint density at radius 1 is 1.67 bits per heavy atom. The van der Waals surface area contributed by atoms with Gasteiger partial charge in [0.05, 0.1) is 12.7 Å². The van der Waals surface area contributed by atoms with Gasteiger partial charge >= 0.3 is 5.97 Å². The Bertz CT molecular complexity index is 468. The number of aromatic nitrogens is 1. The molecule has 96 valence electrons. The van der Waals surface area contributed by atoms with Gasteiger partial charge < -0.3 is 10.1 Å². The fourth-order valence-electron chi connectivity index (χ4n) is 1.80. The predicted octanol–water partition coefficient (Wildman–Crippen LogP) is 2.10. The van der Waals surface area contributed by atoms with Gasteiger partial charge in [0.1, 0.15) is 17.4 Å². The van der Waals surface area contributed by atoms with Gasteiger partial charge in [0.2, 0.25) is 0 Å². The second-order valence-corrected chi connectivity index (χ2v) is 4.21. The van der Waals surface area contributed by atoms with Gasteiger partial charge in [-0.3, -0.25) is 0 Å². The quantitative estimate of drug-likeness (QED) is 0.806. The molecule has 1 heterocycles. The lowest BCUT2D eigenvalue weighted by atomic mass is 9.96. The van der Waals surface area contributed by atoms with Crippen LogP contribution in [0.15, 0.2) is 18.3 Å². The molecular formula is C13H17N3O2. The molecule has 5 nitrogen and oxygen atoms in total. The van der Waals surface area contributed by atoms with E-state index in [0.717, 1.165) is 6.42 Å². The van der Waals surface area contributed by atoms with Crippen molar-refractivity contribution in [2.75, 3.05) is 12.4 Å². The number of rotatable bonds is 5. The van der Waals surface area contributed by atoms with Crippen LogP contribution in [0.25, 0.3) is 0 Å². The van der Waals surface area contributed by atoms with Crippen molar-refractivity contribution >= 4 is 11.8 Å². The first-order valence-electron chi connectivity index (χ1n) is 5.79. The molecule has 0 saturated carbocycles. The molecule has 0 aromatic carbocycles. The number of carbonyl (C=O) groups excluding carboxylic acids is 1. The second-order valence-electron chi connectivity index (χ2n) is 4.21. The van der Waals surface area contributed by atoms with E-state index < -0.39 is 5.54 Å². The monoisotopic (exact) mass is 247 g/mol. The van der Waals surface area contributed by atoms with Crippen molar-refractivity contribution in [2.45, 2.75) is 32.2 Å². The summed E-state index contributed by atoms with van der Waals surface area (Å²) in [7, 11) is 1.35. The minimum Gasteiger partial charge on any atom is -0.467 e. The minimum absolute atomic E-state index is 0.362. The molecule has 0 aliphatic rings. The highest BCUT2D eigenvalue weighted by Gasteiger charge is 2.34. The number of pyridine rings is 1. The van der Waals surface area contributed by atoms with E-state index in [1.54, 1.807) is 25.3 Å². The lowest BCUT2D eigenvalue weighted by Crippen LogP contribution is -2.44. The van der Waals surface area contributed by atoms with E-state index in [1.165, 1.54) is 7.11 Å². The molecule has 0 fully saturated rings. The summed E-state index contributed by atoms with van der Waals surface area (Å²) in [6.45, 7) is 3.73. The number of carbonyl (C=O) groups is 1. The number of nitrogens with one attached hydrogen (secondary N) is 1. The number of hydrogen-bond donors (Lipinski definition) is 1. The van der Waals surface area contributed by atoms with Gasteiger partial charge in [0, 0.05) is 6.20 Å². The zero-order valence-electron chi connectivity index (χ0n) is 10.9. The Morgan fingerprint density at radius 2 is 2.39 bits per heavy atom. The maximum Gasteiger partial charge on any atom is 0.331 e. The van der Waals surface area contributed by atoms with Gasteiger partial charge in [-0.25, -0.2) is 9.78 Å². The molecule has 1 aromatic rings. The summed E-state index contributed by atoms with van der Waals surface area (Å²) < 4.78 is 4.80. The number of hydrogen-bond acceptors (Lipinski definition) is 5. The third kappa shape index (κ3) is 2.98. The van der Waals surface area contributed by atoms with Gasteiger partial charge in [-0.2, -0.15) is 5.26 Å². The Kier molecular flexibility index (Phi) is 4.67. The molecule has 1 aromatic heterocycles. The lowest BCUT2D eigenvalue weighted by Gasteiger charge is -2.28. The molecule has 1 atom stereocenters. The molecule has 0 aliphatic heterocycles. The molecule has 5 heteroatoms. The fraction of sp³-hybridized carbons (Fsp3) is 0.462. The summed E-state index contributed by atoms with van der Waals surface area (Å²) in [6, 6.07) is 5.37. The number of esters is 1. The van der Waals surface area contributed by atoms with E-state index in [-0.39, 0.29) is 5.97 Å². The van der Waals surface area contributed by atoms with Gasteiger partial charge in [-0.1, -0.05) is 13.3 Å². The highest BCUT2D eigenvalue weighted by atomic mass is 16.5. The number of methoxy groups -OCH3 is 1. The van der Waals surface area contributed by atoms with Gasteiger partial charge in [0.25, 0.3) is 0 Å². The highest BCUT2D eigenvalue weighted by Crippen LogP contribution is 2.22. The largest absolute Gasteiger partial charge is 0.467 e. The third-order valence-electron chi connectivity index (χ3n) is 2.71. The number of anilines is 1. The number of nitrogens with zero attached hydrogens (tertiary/aromatic N) is 2. The van der Waals surface area contributed by atoms with E-state index in [2.05, 4.69) is 10.3 Å². The highest BCUT2D eigenvalue weighted by molar-refractivity contribution is 5.84.